The van der Waals surface area contributed by atoms with Crippen LogP contribution in [0.3, 0.4) is 0 Å². The van der Waals surface area contributed by atoms with Crippen molar-refractivity contribution in [2.45, 2.75) is 6.92 Å². The lowest BCUT2D eigenvalue weighted by Crippen LogP contribution is -2.42. The van der Waals surface area contributed by atoms with Crippen molar-refractivity contribution < 1.29 is 9.53 Å². The normalized spacial score (nSPS) is 20.2. The van der Waals surface area contributed by atoms with Crippen molar-refractivity contribution in [2.75, 3.05) is 26.3 Å². The lowest BCUT2D eigenvalue weighted by Gasteiger charge is -2.28. The maximum Gasteiger partial charge on any atom is 0.229 e. The minimum atomic E-state index is -0.0666. The SMILES string of the molecule is C=C[C@H](C)C(=O)N1CCOCC1. The first-order chi connectivity index (χ1) is 5.75. The van der Waals surface area contributed by atoms with Crippen LogP contribution in [-0.4, -0.2) is 37.1 Å². The molecule has 1 aliphatic rings. The van der Waals surface area contributed by atoms with Crippen molar-refractivity contribution in [1.29, 1.82) is 0 Å². The highest BCUT2D eigenvalue weighted by Gasteiger charge is 2.19. The number of rotatable bonds is 2. The van der Waals surface area contributed by atoms with Gasteiger partial charge in [0.15, 0.2) is 0 Å². The predicted molar refractivity (Wildman–Crippen MR) is 46.8 cm³/mol. The summed E-state index contributed by atoms with van der Waals surface area (Å²) in [4.78, 5) is 13.4. The van der Waals surface area contributed by atoms with Crippen LogP contribution in [0.25, 0.3) is 0 Å². The Balaban J connectivity index is 2.44. The number of amides is 1. The van der Waals surface area contributed by atoms with Crippen LogP contribution in [0, 0.1) is 5.92 Å². The topological polar surface area (TPSA) is 29.5 Å². The fourth-order valence-corrected chi connectivity index (χ4v) is 1.17. The molecule has 1 fully saturated rings. The Morgan fingerprint density at radius 2 is 2.17 bits per heavy atom. The van der Waals surface area contributed by atoms with E-state index in [0.29, 0.717) is 13.2 Å². The molecular weight excluding hydrogens is 154 g/mol. The lowest BCUT2D eigenvalue weighted by atomic mass is 10.1. The second kappa shape index (κ2) is 4.26. The molecule has 3 nitrogen and oxygen atoms in total. The Bertz CT molecular complexity index is 173. The molecule has 0 spiro atoms. The van der Waals surface area contributed by atoms with Crippen LogP contribution < -0.4 is 0 Å². The zero-order chi connectivity index (χ0) is 8.97. The third-order valence-electron chi connectivity index (χ3n) is 2.07. The number of nitrogens with zero attached hydrogens (tertiary/aromatic N) is 1. The summed E-state index contributed by atoms with van der Waals surface area (Å²) in [5, 5.41) is 0. The first kappa shape index (κ1) is 9.26. The molecule has 0 N–H and O–H groups in total. The highest BCUT2D eigenvalue weighted by molar-refractivity contribution is 5.80. The summed E-state index contributed by atoms with van der Waals surface area (Å²) in [5.74, 6) is 0.0939. The van der Waals surface area contributed by atoms with Gasteiger partial charge in [0.05, 0.1) is 19.1 Å². The molecule has 0 radical (unpaired) electrons. The van der Waals surface area contributed by atoms with Gasteiger partial charge in [-0.1, -0.05) is 13.0 Å². The van der Waals surface area contributed by atoms with Gasteiger partial charge < -0.3 is 9.64 Å². The van der Waals surface area contributed by atoms with Gasteiger partial charge in [0.2, 0.25) is 5.91 Å². The summed E-state index contributed by atoms with van der Waals surface area (Å²) < 4.78 is 5.14. The molecule has 1 amide bonds. The Morgan fingerprint density at radius 3 is 2.67 bits per heavy atom. The average Bonchev–Trinajstić information content (AvgIpc) is 2.17. The minimum Gasteiger partial charge on any atom is -0.378 e. The minimum absolute atomic E-state index is 0.0666. The Labute approximate surface area is 73.0 Å². The van der Waals surface area contributed by atoms with Gasteiger partial charge in [0.1, 0.15) is 0 Å². The van der Waals surface area contributed by atoms with Crippen molar-refractivity contribution in [2.24, 2.45) is 5.92 Å². The number of hydrogen-bond acceptors (Lipinski definition) is 2. The fourth-order valence-electron chi connectivity index (χ4n) is 1.17. The van der Waals surface area contributed by atoms with Crippen LogP contribution in [0.1, 0.15) is 6.92 Å². The predicted octanol–water partition coefficient (Wildman–Crippen LogP) is 0.667. The van der Waals surface area contributed by atoms with E-state index in [1.54, 1.807) is 6.08 Å². The summed E-state index contributed by atoms with van der Waals surface area (Å²) in [6.45, 7) is 8.23. The molecular formula is C9H15NO2. The Morgan fingerprint density at radius 1 is 1.58 bits per heavy atom. The standard InChI is InChI=1S/C9H15NO2/c1-3-8(2)9(11)10-4-6-12-7-5-10/h3,8H,1,4-7H2,2H3/t8-/m0/s1. The maximum absolute atomic E-state index is 11.5. The molecule has 1 atom stereocenters. The molecule has 0 aromatic rings. The van der Waals surface area contributed by atoms with Crippen LogP contribution in [0.4, 0.5) is 0 Å². The highest BCUT2D eigenvalue weighted by Crippen LogP contribution is 2.05. The molecule has 0 aromatic carbocycles. The highest BCUT2D eigenvalue weighted by atomic mass is 16.5. The van der Waals surface area contributed by atoms with E-state index in [1.165, 1.54) is 0 Å². The van der Waals surface area contributed by atoms with E-state index in [1.807, 2.05) is 11.8 Å². The summed E-state index contributed by atoms with van der Waals surface area (Å²) in [6.07, 6.45) is 1.68. The van der Waals surface area contributed by atoms with Gasteiger partial charge in [0, 0.05) is 13.1 Å². The van der Waals surface area contributed by atoms with E-state index < -0.39 is 0 Å². The largest absolute Gasteiger partial charge is 0.378 e. The van der Waals surface area contributed by atoms with E-state index >= 15 is 0 Å². The van der Waals surface area contributed by atoms with Gasteiger partial charge in [-0.3, -0.25) is 4.79 Å². The fraction of sp³-hybridized carbons (Fsp3) is 0.667. The summed E-state index contributed by atoms with van der Waals surface area (Å²) in [6, 6.07) is 0. The van der Waals surface area contributed by atoms with Gasteiger partial charge in [-0.05, 0) is 0 Å². The zero-order valence-corrected chi connectivity index (χ0v) is 7.45. The van der Waals surface area contributed by atoms with Gasteiger partial charge in [-0.2, -0.15) is 0 Å². The number of carbonyl (C=O) groups excluding carboxylic acids is 1. The molecule has 3 heteroatoms. The van der Waals surface area contributed by atoms with E-state index in [-0.39, 0.29) is 11.8 Å². The van der Waals surface area contributed by atoms with E-state index in [0.717, 1.165) is 13.1 Å². The quantitative estimate of drug-likeness (QED) is 0.568. The number of hydrogen-bond donors (Lipinski definition) is 0. The summed E-state index contributed by atoms with van der Waals surface area (Å²) in [5.41, 5.74) is 0. The summed E-state index contributed by atoms with van der Waals surface area (Å²) >= 11 is 0. The summed E-state index contributed by atoms with van der Waals surface area (Å²) in [7, 11) is 0. The van der Waals surface area contributed by atoms with Crippen LogP contribution in [0.5, 0.6) is 0 Å². The maximum atomic E-state index is 11.5. The lowest BCUT2D eigenvalue weighted by molar-refractivity contribution is -0.137. The first-order valence-corrected chi connectivity index (χ1v) is 4.25. The van der Waals surface area contributed by atoms with Crippen molar-refractivity contribution in [3.05, 3.63) is 12.7 Å². The van der Waals surface area contributed by atoms with E-state index in [4.69, 9.17) is 4.74 Å². The third-order valence-corrected chi connectivity index (χ3v) is 2.07. The van der Waals surface area contributed by atoms with Crippen LogP contribution in [-0.2, 0) is 9.53 Å². The second-order valence-electron chi connectivity index (χ2n) is 2.96. The second-order valence-corrected chi connectivity index (χ2v) is 2.96. The molecule has 0 aliphatic carbocycles. The first-order valence-electron chi connectivity index (χ1n) is 4.25. The van der Waals surface area contributed by atoms with Gasteiger partial charge in [-0.15, -0.1) is 6.58 Å². The number of carbonyl (C=O) groups is 1. The molecule has 0 bridgehead atoms. The van der Waals surface area contributed by atoms with Gasteiger partial charge >= 0.3 is 0 Å². The molecule has 0 aromatic heterocycles. The molecule has 1 heterocycles. The molecule has 12 heavy (non-hydrogen) atoms. The third kappa shape index (κ3) is 2.08. The van der Waals surface area contributed by atoms with Crippen molar-refractivity contribution in [3.8, 4) is 0 Å². The van der Waals surface area contributed by atoms with E-state index in [9.17, 15) is 4.79 Å². The van der Waals surface area contributed by atoms with Crippen molar-refractivity contribution >= 4 is 5.91 Å². The van der Waals surface area contributed by atoms with E-state index in [2.05, 4.69) is 6.58 Å². The average molecular weight is 169 g/mol. The zero-order valence-electron chi connectivity index (χ0n) is 7.45. The van der Waals surface area contributed by atoms with Crippen molar-refractivity contribution in [3.63, 3.8) is 0 Å². The molecule has 0 unspecified atom stereocenters. The molecule has 1 saturated heterocycles. The van der Waals surface area contributed by atoms with Crippen LogP contribution >= 0.6 is 0 Å². The Kier molecular flexibility index (Phi) is 3.29. The van der Waals surface area contributed by atoms with Crippen molar-refractivity contribution in [1.82, 2.24) is 4.90 Å². The van der Waals surface area contributed by atoms with Gasteiger partial charge in [-0.25, -0.2) is 0 Å². The monoisotopic (exact) mass is 169 g/mol. The Hall–Kier alpha value is -0.830. The molecule has 0 saturated carbocycles. The number of morpholine rings is 1. The van der Waals surface area contributed by atoms with Crippen LogP contribution in [0.2, 0.25) is 0 Å². The molecule has 68 valence electrons. The molecule has 1 rings (SSSR count). The smallest absolute Gasteiger partial charge is 0.229 e. The van der Waals surface area contributed by atoms with Crippen LogP contribution in [0.15, 0.2) is 12.7 Å². The number of ether oxygens (including phenoxy) is 1. The van der Waals surface area contributed by atoms with Gasteiger partial charge in [0.25, 0.3) is 0 Å². The molecule has 1 aliphatic heterocycles.